The second-order valence-corrected chi connectivity index (χ2v) is 19.2. The van der Waals surface area contributed by atoms with Crippen molar-refractivity contribution in [1.29, 1.82) is 0 Å². The van der Waals surface area contributed by atoms with E-state index in [4.69, 9.17) is 79.1 Å². The highest BCUT2D eigenvalue weighted by molar-refractivity contribution is 9.08. The number of alkyl halides is 1. The zero-order valence-electron chi connectivity index (χ0n) is 35.4. The number of piperazine rings is 3. The van der Waals surface area contributed by atoms with E-state index in [1.54, 1.807) is 9.80 Å². The zero-order valence-corrected chi connectivity index (χ0v) is 41.5. The monoisotopic (exact) mass is 1010 g/mol. The minimum atomic E-state index is -0.459. The van der Waals surface area contributed by atoms with Gasteiger partial charge in [-0.2, -0.15) is 0 Å². The number of carbonyl (C=O) groups excluding carboxylic acids is 2. The van der Waals surface area contributed by atoms with Gasteiger partial charge in [0.15, 0.2) is 0 Å². The molecule has 10 nitrogen and oxygen atoms in total. The van der Waals surface area contributed by atoms with Gasteiger partial charge in [-0.25, -0.2) is 9.59 Å². The molecule has 2 amide bonds. The summed E-state index contributed by atoms with van der Waals surface area (Å²) in [7, 11) is 0. The van der Waals surface area contributed by atoms with E-state index in [2.05, 4.69) is 36.4 Å². The minimum Gasteiger partial charge on any atom is -0.444 e. The smallest absolute Gasteiger partial charge is 0.410 e. The van der Waals surface area contributed by atoms with E-state index in [-0.39, 0.29) is 17.8 Å². The van der Waals surface area contributed by atoms with Crippen molar-refractivity contribution in [1.82, 2.24) is 30.2 Å². The summed E-state index contributed by atoms with van der Waals surface area (Å²) in [4.78, 5) is 31.6. The van der Waals surface area contributed by atoms with Crippen LogP contribution >= 0.6 is 85.5 Å². The molecule has 0 atom stereocenters. The number of ether oxygens (including phenoxy) is 2. The molecule has 3 fully saturated rings. The van der Waals surface area contributed by atoms with Crippen LogP contribution in [0.3, 0.4) is 0 Å². The van der Waals surface area contributed by atoms with E-state index in [1.807, 2.05) is 96.1 Å². The highest BCUT2D eigenvalue weighted by atomic mass is 79.9. The number of nitrogens with zero attached hydrogens (tertiary/aromatic N) is 4. The van der Waals surface area contributed by atoms with Crippen LogP contribution < -0.4 is 10.6 Å². The number of carbonyl (C=O) groups is 2. The van der Waals surface area contributed by atoms with Gasteiger partial charge in [0.25, 0.3) is 0 Å². The van der Waals surface area contributed by atoms with Crippen LogP contribution in [0.25, 0.3) is 0 Å². The lowest BCUT2D eigenvalue weighted by Gasteiger charge is -2.35. The molecule has 0 bridgehead atoms. The second-order valence-electron chi connectivity index (χ2n) is 16.2. The molecule has 3 saturated heterocycles. The Morgan fingerprint density at radius 1 is 0.517 bits per heavy atom. The van der Waals surface area contributed by atoms with E-state index < -0.39 is 5.60 Å². The molecular formula is C43H59BrCl6N6O4. The minimum absolute atomic E-state index is 0.200. The van der Waals surface area contributed by atoms with Crippen molar-refractivity contribution in [2.75, 3.05) is 78.5 Å². The van der Waals surface area contributed by atoms with E-state index in [1.165, 1.54) is 0 Å². The molecule has 0 unspecified atom stereocenters. The Morgan fingerprint density at radius 3 is 1.13 bits per heavy atom. The third-order valence-corrected chi connectivity index (χ3v) is 11.8. The Hall–Kier alpha value is -1.74. The van der Waals surface area contributed by atoms with Crippen LogP contribution in [-0.4, -0.2) is 122 Å². The van der Waals surface area contributed by atoms with Gasteiger partial charge < -0.3 is 29.9 Å². The Bertz CT molecular complexity index is 1730. The maximum Gasteiger partial charge on any atom is 0.410 e. The zero-order chi connectivity index (χ0) is 44.5. The van der Waals surface area contributed by atoms with Gasteiger partial charge in [0, 0.05) is 138 Å². The van der Waals surface area contributed by atoms with Gasteiger partial charge in [-0.05, 0) is 83.5 Å². The van der Waals surface area contributed by atoms with E-state index in [0.717, 1.165) is 98.7 Å². The topological polar surface area (TPSA) is 89.6 Å². The van der Waals surface area contributed by atoms with Crippen LogP contribution in [0, 0.1) is 0 Å². The maximum absolute atomic E-state index is 12.0. The summed E-state index contributed by atoms with van der Waals surface area (Å²) in [6, 6.07) is 16.7. The summed E-state index contributed by atoms with van der Waals surface area (Å²) in [5, 5.41) is 11.5. The predicted molar refractivity (Wildman–Crippen MR) is 254 cm³/mol. The van der Waals surface area contributed by atoms with Gasteiger partial charge in [0.1, 0.15) is 11.2 Å². The summed E-state index contributed by atoms with van der Waals surface area (Å²) in [5.74, 6) is 0. The number of nitrogens with one attached hydrogen (secondary N) is 2. The molecule has 17 heteroatoms. The first-order valence-corrected chi connectivity index (χ1v) is 23.3. The second kappa shape index (κ2) is 26.1. The van der Waals surface area contributed by atoms with E-state index >= 15 is 0 Å². The standard InChI is InChI=1S/C16H22Cl2N2O2.C11H14Cl2N2.C9H18N2O2.C7H5BrCl2/c1-16(2,3)22-15(21)20-9-7-19(8-10-20)11-12-13(17)5-4-6-14(12)18;12-10-2-1-3-11(13)9(10)8-15-6-4-14-5-7-15;1-9(2,3)13-8(12)11-6-4-10-5-7-11;8-4-5-6(9)2-1-3-7(5)10/h4-6H,7-11H2,1-3H3;1-3,14H,4-8H2;10H,4-7H2,1-3H3;1-3H,4H2. The molecule has 0 spiro atoms. The summed E-state index contributed by atoms with van der Waals surface area (Å²) in [5.41, 5.74) is 2.09. The molecule has 6 rings (SSSR count). The van der Waals surface area contributed by atoms with Crippen molar-refractivity contribution in [3.63, 3.8) is 0 Å². The molecule has 334 valence electrons. The summed E-state index contributed by atoms with van der Waals surface area (Å²) in [6.45, 7) is 23.1. The van der Waals surface area contributed by atoms with Gasteiger partial charge in [-0.15, -0.1) is 0 Å². The van der Waals surface area contributed by atoms with Crippen LogP contribution in [0.5, 0.6) is 0 Å². The number of hydrogen-bond acceptors (Lipinski definition) is 8. The van der Waals surface area contributed by atoms with Crippen molar-refractivity contribution in [2.45, 2.75) is 71.2 Å². The molecule has 3 aliphatic rings. The molecular weight excluding hydrogens is 957 g/mol. The summed E-state index contributed by atoms with van der Waals surface area (Å²) >= 11 is 39.6. The Kier molecular flexibility index (Phi) is 22.9. The lowest BCUT2D eigenvalue weighted by atomic mass is 10.2. The van der Waals surface area contributed by atoms with Gasteiger partial charge in [-0.1, -0.05) is 104 Å². The average molecular weight is 1020 g/mol. The van der Waals surface area contributed by atoms with Crippen molar-refractivity contribution < 1.29 is 19.1 Å². The fraction of sp³-hybridized carbons (Fsp3) is 0.535. The molecule has 2 N–H and O–H groups in total. The third-order valence-electron chi connectivity index (χ3n) is 9.08. The van der Waals surface area contributed by atoms with E-state index in [0.29, 0.717) is 45.1 Å². The van der Waals surface area contributed by atoms with Crippen LogP contribution in [0.15, 0.2) is 54.6 Å². The van der Waals surface area contributed by atoms with Gasteiger partial charge >= 0.3 is 12.2 Å². The first-order valence-electron chi connectivity index (χ1n) is 19.9. The van der Waals surface area contributed by atoms with Crippen molar-refractivity contribution in [3.05, 3.63) is 101 Å². The molecule has 3 aliphatic heterocycles. The predicted octanol–water partition coefficient (Wildman–Crippen LogP) is 11.2. The van der Waals surface area contributed by atoms with Gasteiger partial charge in [0.2, 0.25) is 0 Å². The highest BCUT2D eigenvalue weighted by Crippen LogP contribution is 2.28. The highest BCUT2D eigenvalue weighted by Gasteiger charge is 2.27. The van der Waals surface area contributed by atoms with Crippen LogP contribution in [0.1, 0.15) is 58.2 Å². The number of halogens is 7. The third kappa shape index (κ3) is 19.3. The van der Waals surface area contributed by atoms with Crippen LogP contribution in [0.4, 0.5) is 9.59 Å². The van der Waals surface area contributed by atoms with Gasteiger partial charge in [-0.3, -0.25) is 9.80 Å². The molecule has 3 aromatic rings. The largest absolute Gasteiger partial charge is 0.444 e. The number of benzene rings is 3. The number of amides is 2. The first kappa shape index (κ1) is 52.6. The molecule has 0 aliphatic carbocycles. The fourth-order valence-corrected chi connectivity index (χ4v) is 8.42. The van der Waals surface area contributed by atoms with Crippen LogP contribution in [-0.2, 0) is 27.9 Å². The lowest BCUT2D eigenvalue weighted by Crippen LogP contribution is -2.49. The first-order chi connectivity index (χ1) is 28.3. The normalized spacial score (nSPS) is 16.3. The quantitative estimate of drug-likeness (QED) is 0.244. The number of hydrogen-bond donors (Lipinski definition) is 2. The molecule has 3 aromatic carbocycles. The Balaban J connectivity index is 0.000000223. The SMILES string of the molecule is CC(C)(C)OC(=O)N1CCN(Cc2c(Cl)cccc2Cl)CC1.CC(C)(C)OC(=O)N1CCNCC1.Clc1cccc(Cl)c1CBr.Clc1cccc(Cl)c1CN1CCNCC1. The molecule has 0 aromatic heterocycles. The lowest BCUT2D eigenvalue weighted by molar-refractivity contribution is 0.0138. The van der Waals surface area contributed by atoms with Crippen molar-refractivity contribution in [3.8, 4) is 0 Å². The molecule has 0 saturated carbocycles. The van der Waals surface area contributed by atoms with Crippen LogP contribution in [0.2, 0.25) is 30.1 Å². The molecule has 3 heterocycles. The Labute approximate surface area is 395 Å². The Morgan fingerprint density at radius 2 is 0.817 bits per heavy atom. The van der Waals surface area contributed by atoms with Gasteiger partial charge in [0.05, 0.1) is 0 Å². The number of rotatable bonds is 5. The maximum atomic E-state index is 12.0. The van der Waals surface area contributed by atoms with Crippen molar-refractivity contribution >= 4 is 97.7 Å². The fourth-order valence-electron chi connectivity index (χ4n) is 5.93. The van der Waals surface area contributed by atoms with Crippen molar-refractivity contribution in [2.24, 2.45) is 0 Å². The van der Waals surface area contributed by atoms with E-state index in [9.17, 15) is 9.59 Å². The molecule has 60 heavy (non-hydrogen) atoms. The summed E-state index contributed by atoms with van der Waals surface area (Å²) < 4.78 is 10.6. The molecule has 0 radical (unpaired) electrons. The average Bonchev–Trinajstić information content (AvgIpc) is 3.18. The summed E-state index contributed by atoms with van der Waals surface area (Å²) in [6.07, 6.45) is -0.447.